The Morgan fingerprint density at radius 3 is 2.38 bits per heavy atom. The molecule has 0 aromatic carbocycles. The zero-order chi connectivity index (χ0) is 11.2. The lowest BCUT2D eigenvalue weighted by molar-refractivity contribution is 0.392. The molecule has 1 heterocycles. The van der Waals surface area contributed by atoms with Gasteiger partial charge in [-0.25, -0.2) is 9.97 Å². The van der Waals surface area contributed by atoms with E-state index in [2.05, 4.69) is 9.97 Å². The molecule has 3 heteroatoms. The SMILES string of the molecule is NC(CC1CCCCCC1)c1cncnc1. The molecule has 16 heavy (non-hydrogen) atoms. The van der Waals surface area contributed by atoms with Crippen LogP contribution in [0.4, 0.5) is 0 Å². The van der Waals surface area contributed by atoms with Crippen molar-refractivity contribution in [3.8, 4) is 0 Å². The van der Waals surface area contributed by atoms with Crippen molar-refractivity contribution in [3.05, 3.63) is 24.3 Å². The molecule has 0 amide bonds. The molecule has 0 bridgehead atoms. The molecule has 1 atom stereocenters. The second kappa shape index (κ2) is 5.94. The summed E-state index contributed by atoms with van der Waals surface area (Å²) < 4.78 is 0. The molecule has 2 N–H and O–H groups in total. The van der Waals surface area contributed by atoms with Crippen LogP contribution in [-0.2, 0) is 0 Å². The molecule has 1 aromatic heterocycles. The van der Waals surface area contributed by atoms with Crippen LogP contribution >= 0.6 is 0 Å². The second-order valence-electron chi connectivity index (χ2n) is 4.87. The van der Waals surface area contributed by atoms with E-state index in [1.165, 1.54) is 38.5 Å². The molecule has 2 rings (SSSR count). The van der Waals surface area contributed by atoms with Crippen LogP contribution < -0.4 is 5.73 Å². The highest BCUT2D eigenvalue weighted by molar-refractivity contribution is 5.08. The number of nitrogens with zero attached hydrogens (tertiary/aromatic N) is 2. The van der Waals surface area contributed by atoms with Crippen molar-refractivity contribution >= 4 is 0 Å². The van der Waals surface area contributed by atoms with E-state index in [1.54, 1.807) is 6.33 Å². The van der Waals surface area contributed by atoms with Crippen LogP contribution in [0.5, 0.6) is 0 Å². The van der Waals surface area contributed by atoms with Gasteiger partial charge in [-0.15, -0.1) is 0 Å². The molecule has 1 aromatic rings. The van der Waals surface area contributed by atoms with Gasteiger partial charge in [-0.3, -0.25) is 0 Å². The molecule has 0 spiro atoms. The van der Waals surface area contributed by atoms with Crippen LogP contribution in [0.1, 0.15) is 56.6 Å². The maximum absolute atomic E-state index is 6.20. The van der Waals surface area contributed by atoms with Crippen molar-refractivity contribution in [1.29, 1.82) is 0 Å². The molecular formula is C13H21N3. The molecule has 0 radical (unpaired) electrons. The molecule has 1 saturated carbocycles. The van der Waals surface area contributed by atoms with Crippen LogP contribution in [0.3, 0.4) is 0 Å². The number of hydrogen-bond donors (Lipinski definition) is 1. The van der Waals surface area contributed by atoms with Gasteiger partial charge < -0.3 is 5.73 Å². The molecular weight excluding hydrogens is 198 g/mol. The second-order valence-corrected chi connectivity index (χ2v) is 4.87. The smallest absolute Gasteiger partial charge is 0.115 e. The number of nitrogens with two attached hydrogens (primary N) is 1. The van der Waals surface area contributed by atoms with Gasteiger partial charge in [-0.2, -0.15) is 0 Å². The summed E-state index contributed by atoms with van der Waals surface area (Å²) >= 11 is 0. The van der Waals surface area contributed by atoms with Gasteiger partial charge in [0.05, 0.1) is 0 Å². The molecule has 1 unspecified atom stereocenters. The maximum Gasteiger partial charge on any atom is 0.115 e. The van der Waals surface area contributed by atoms with Crippen LogP contribution in [0.25, 0.3) is 0 Å². The molecule has 0 saturated heterocycles. The van der Waals surface area contributed by atoms with E-state index in [9.17, 15) is 0 Å². The van der Waals surface area contributed by atoms with Gasteiger partial charge in [0, 0.05) is 24.0 Å². The minimum atomic E-state index is 0.115. The lowest BCUT2D eigenvalue weighted by atomic mass is 9.91. The van der Waals surface area contributed by atoms with E-state index in [1.807, 2.05) is 12.4 Å². The Kier molecular flexibility index (Phi) is 4.28. The van der Waals surface area contributed by atoms with Gasteiger partial charge in [0.15, 0.2) is 0 Å². The lowest BCUT2D eigenvalue weighted by Crippen LogP contribution is -2.15. The van der Waals surface area contributed by atoms with Crippen LogP contribution in [-0.4, -0.2) is 9.97 Å². The average molecular weight is 219 g/mol. The summed E-state index contributed by atoms with van der Waals surface area (Å²) in [4.78, 5) is 8.05. The van der Waals surface area contributed by atoms with Gasteiger partial charge in [0.2, 0.25) is 0 Å². The summed E-state index contributed by atoms with van der Waals surface area (Å²) in [6, 6.07) is 0.115. The molecule has 0 aliphatic heterocycles. The summed E-state index contributed by atoms with van der Waals surface area (Å²) in [7, 11) is 0. The third-order valence-corrected chi connectivity index (χ3v) is 3.57. The topological polar surface area (TPSA) is 51.8 Å². The minimum absolute atomic E-state index is 0.115. The van der Waals surface area contributed by atoms with E-state index in [0.29, 0.717) is 0 Å². The number of rotatable bonds is 3. The molecule has 1 fully saturated rings. The Hall–Kier alpha value is -0.960. The van der Waals surface area contributed by atoms with E-state index in [-0.39, 0.29) is 6.04 Å². The maximum atomic E-state index is 6.20. The molecule has 3 nitrogen and oxygen atoms in total. The monoisotopic (exact) mass is 219 g/mol. The quantitative estimate of drug-likeness (QED) is 0.795. The van der Waals surface area contributed by atoms with Crippen LogP contribution in [0.15, 0.2) is 18.7 Å². The first-order valence-corrected chi connectivity index (χ1v) is 6.37. The Balaban J connectivity index is 1.88. The van der Waals surface area contributed by atoms with Crippen LogP contribution in [0.2, 0.25) is 0 Å². The number of aromatic nitrogens is 2. The highest BCUT2D eigenvalue weighted by Crippen LogP contribution is 2.29. The normalized spacial score (nSPS) is 20.3. The summed E-state index contributed by atoms with van der Waals surface area (Å²) in [5.41, 5.74) is 7.27. The molecule has 1 aliphatic carbocycles. The highest BCUT2D eigenvalue weighted by Gasteiger charge is 2.16. The van der Waals surface area contributed by atoms with E-state index in [4.69, 9.17) is 5.73 Å². The zero-order valence-electron chi connectivity index (χ0n) is 9.81. The molecule has 1 aliphatic rings. The van der Waals surface area contributed by atoms with Gasteiger partial charge in [-0.1, -0.05) is 38.5 Å². The third kappa shape index (κ3) is 3.27. The minimum Gasteiger partial charge on any atom is -0.324 e. The van der Waals surface area contributed by atoms with Gasteiger partial charge >= 0.3 is 0 Å². The summed E-state index contributed by atoms with van der Waals surface area (Å²) in [6.07, 6.45) is 14.6. The fourth-order valence-corrected chi connectivity index (χ4v) is 2.60. The van der Waals surface area contributed by atoms with E-state index in [0.717, 1.165) is 17.9 Å². The third-order valence-electron chi connectivity index (χ3n) is 3.57. The average Bonchev–Trinajstić information content (AvgIpc) is 2.59. The fourth-order valence-electron chi connectivity index (χ4n) is 2.60. The lowest BCUT2D eigenvalue weighted by Gasteiger charge is -2.18. The zero-order valence-corrected chi connectivity index (χ0v) is 9.81. The summed E-state index contributed by atoms with van der Waals surface area (Å²) in [5.74, 6) is 0.803. The van der Waals surface area contributed by atoms with Gasteiger partial charge in [0.25, 0.3) is 0 Å². The van der Waals surface area contributed by atoms with Gasteiger partial charge in [-0.05, 0) is 12.3 Å². The van der Waals surface area contributed by atoms with Gasteiger partial charge in [0.1, 0.15) is 6.33 Å². The molecule has 88 valence electrons. The first kappa shape index (κ1) is 11.5. The number of hydrogen-bond acceptors (Lipinski definition) is 3. The van der Waals surface area contributed by atoms with Crippen molar-refractivity contribution in [1.82, 2.24) is 9.97 Å². The van der Waals surface area contributed by atoms with Crippen molar-refractivity contribution in [2.45, 2.75) is 51.0 Å². The van der Waals surface area contributed by atoms with E-state index >= 15 is 0 Å². The summed E-state index contributed by atoms with van der Waals surface area (Å²) in [6.45, 7) is 0. The highest BCUT2D eigenvalue weighted by atomic mass is 14.8. The largest absolute Gasteiger partial charge is 0.324 e. The fraction of sp³-hybridized carbons (Fsp3) is 0.692. The Labute approximate surface area is 97.5 Å². The Morgan fingerprint density at radius 2 is 1.75 bits per heavy atom. The standard InChI is InChI=1S/C13H21N3/c14-13(12-8-15-10-16-9-12)7-11-5-3-1-2-4-6-11/h8-11,13H,1-7,14H2. The Bertz CT molecular complexity index is 291. The predicted molar refractivity (Wildman–Crippen MR) is 64.8 cm³/mol. The van der Waals surface area contributed by atoms with Crippen molar-refractivity contribution in [2.75, 3.05) is 0 Å². The van der Waals surface area contributed by atoms with Crippen LogP contribution in [0, 0.1) is 5.92 Å². The summed E-state index contributed by atoms with van der Waals surface area (Å²) in [5, 5.41) is 0. The first-order chi connectivity index (χ1) is 7.86. The predicted octanol–water partition coefficient (Wildman–Crippen LogP) is 2.84. The van der Waals surface area contributed by atoms with Crippen molar-refractivity contribution in [2.24, 2.45) is 11.7 Å². The Morgan fingerprint density at radius 1 is 1.12 bits per heavy atom. The van der Waals surface area contributed by atoms with Crippen molar-refractivity contribution < 1.29 is 0 Å². The van der Waals surface area contributed by atoms with E-state index < -0.39 is 0 Å². The first-order valence-electron chi connectivity index (χ1n) is 6.37. The van der Waals surface area contributed by atoms with Crippen molar-refractivity contribution in [3.63, 3.8) is 0 Å².